The van der Waals surface area contributed by atoms with Crippen molar-refractivity contribution in [1.82, 2.24) is 24.8 Å². The number of fused-ring (bicyclic) bond motifs is 2. The molecule has 6 nitrogen and oxygen atoms in total. The van der Waals surface area contributed by atoms with E-state index < -0.39 is 0 Å². The van der Waals surface area contributed by atoms with Crippen LogP contribution in [0, 0.1) is 18.8 Å². The first-order chi connectivity index (χ1) is 9.72. The van der Waals surface area contributed by atoms with E-state index in [1.165, 1.54) is 0 Å². The van der Waals surface area contributed by atoms with Crippen LogP contribution in [0.25, 0.3) is 5.65 Å². The summed E-state index contributed by atoms with van der Waals surface area (Å²) in [4.78, 5) is 19.1. The molecular weight excluding hydrogens is 254 g/mol. The van der Waals surface area contributed by atoms with Crippen LogP contribution in [0.2, 0.25) is 0 Å². The van der Waals surface area contributed by atoms with Gasteiger partial charge >= 0.3 is 0 Å². The Morgan fingerprint density at radius 2 is 2.10 bits per heavy atom. The van der Waals surface area contributed by atoms with Crippen molar-refractivity contribution in [3.63, 3.8) is 0 Å². The minimum absolute atomic E-state index is 0.0625. The van der Waals surface area contributed by atoms with Gasteiger partial charge in [-0.2, -0.15) is 5.10 Å². The van der Waals surface area contributed by atoms with Crippen LogP contribution < -0.4 is 5.32 Å². The van der Waals surface area contributed by atoms with Crippen LogP contribution >= 0.6 is 0 Å². The van der Waals surface area contributed by atoms with Crippen LogP contribution in [-0.4, -0.2) is 51.6 Å². The van der Waals surface area contributed by atoms with E-state index in [9.17, 15) is 4.79 Å². The summed E-state index contributed by atoms with van der Waals surface area (Å²) in [5.74, 6) is 1.28. The molecule has 104 valence electrons. The molecule has 2 atom stereocenters. The average Bonchev–Trinajstić information content (AvgIpc) is 3.10. The summed E-state index contributed by atoms with van der Waals surface area (Å²) in [7, 11) is 0. The Bertz CT molecular complexity index is 667. The molecule has 0 saturated carbocycles. The maximum atomic E-state index is 12.7. The molecule has 2 aliphatic heterocycles. The zero-order valence-corrected chi connectivity index (χ0v) is 11.4. The summed E-state index contributed by atoms with van der Waals surface area (Å²) in [6.07, 6.45) is 3.48. The predicted octanol–water partition coefficient (Wildman–Crippen LogP) is 0.329. The highest BCUT2D eigenvalue weighted by molar-refractivity contribution is 5.99. The van der Waals surface area contributed by atoms with Crippen molar-refractivity contribution in [3.05, 3.63) is 29.7 Å². The molecule has 0 spiro atoms. The summed E-state index contributed by atoms with van der Waals surface area (Å²) in [6.45, 7) is 5.67. The van der Waals surface area contributed by atoms with Crippen LogP contribution in [0.5, 0.6) is 0 Å². The van der Waals surface area contributed by atoms with Gasteiger partial charge in [0.25, 0.3) is 5.91 Å². The van der Waals surface area contributed by atoms with Gasteiger partial charge in [-0.25, -0.2) is 9.50 Å². The molecule has 4 heterocycles. The van der Waals surface area contributed by atoms with Gasteiger partial charge < -0.3 is 10.2 Å². The normalized spacial score (nSPS) is 25.4. The highest BCUT2D eigenvalue weighted by atomic mass is 16.2. The summed E-state index contributed by atoms with van der Waals surface area (Å²) >= 11 is 0. The lowest BCUT2D eigenvalue weighted by Gasteiger charge is -2.16. The number of hydrogen-bond donors (Lipinski definition) is 1. The van der Waals surface area contributed by atoms with Crippen molar-refractivity contribution in [2.45, 2.75) is 6.92 Å². The van der Waals surface area contributed by atoms with E-state index in [2.05, 4.69) is 15.4 Å². The highest BCUT2D eigenvalue weighted by Crippen LogP contribution is 2.27. The SMILES string of the molecule is Cc1ccn2ncc(C(=O)N3C[C@H]4CNC[C@H]4C3)c2n1. The van der Waals surface area contributed by atoms with Gasteiger partial charge in [-0.15, -0.1) is 0 Å². The van der Waals surface area contributed by atoms with Gasteiger partial charge in [-0.05, 0) is 24.8 Å². The molecule has 0 unspecified atom stereocenters. The number of nitrogens with zero attached hydrogens (tertiary/aromatic N) is 4. The average molecular weight is 271 g/mol. The van der Waals surface area contributed by atoms with E-state index in [0.29, 0.717) is 23.0 Å². The lowest BCUT2D eigenvalue weighted by atomic mass is 10.0. The highest BCUT2D eigenvalue weighted by Gasteiger charge is 2.38. The lowest BCUT2D eigenvalue weighted by molar-refractivity contribution is 0.0783. The molecule has 20 heavy (non-hydrogen) atoms. The van der Waals surface area contributed by atoms with Gasteiger partial charge in [-0.1, -0.05) is 0 Å². The van der Waals surface area contributed by atoms with Crippen LogP contribution in [0.3, 0.4) is 0 Å². The second kappa shape index (κ2) is 4.28. The van der Waals surface area contributed by atoms with Crippen molar-refractivity contribution in [2.75, 3.05) is 26.2 Å². The topological polar surface area (TPSA) is 62.5 Å². The largest absolute Gasteiger partial charge is 0.338 e. The summed E-state index contributed by atoms with van der Waals surface area (Å²) in [5.41, 5.74) is 2.17. The summed E-state index contributed by atoms with van der Waals surface area (Å²) in [5, 5.41) is 7.61. The number of carbonyl (C=O) groups excluding carboxylic acids is 1. The Morgan fingerprint density at radius 3 is 2.85 bits per heavy atom. The van der Waals surface area contributed by atoms with Crippen molar-refractivity contribution >= 4 is 11.6 Å². The fourth-order valence-corrected chi connectivity index (χ4v) is 3.30. The number of amides is 1. The van der Waals surface area contributed by atoms with Gasteiger partial charge in [0.2, 0.25) is 0 Å². The Labute approximate surface area is 116 Å². The fraction of sp³-hybridized carbons (Fsp3) is 0.500. The van der Waals surface area contributed by atoms with Crippen molar-refractivity contribution < 1.29 is 4.79 Å². The van der Waals surface area contributed by atoms with Gasteiger partial charge in [0.05, 0.1) is 6.20 Å². The second-order valence-corrected chi connectivity index (χ2v) is 5.78. The van der Waals surface area contributed by atoms with Crippen molar-refractivity contribution in [1.29, 1.82) is 0 Å². The van der Waals surface area contributed by atoms with E-state index in [-0.39, 0.29) is 5.91 Å². The van der Waals surface area contributed by atoms with E-state index >= 15 is 0 Å². The fourth-order valence-electron chi connectivity index (χ4n) is 3.30. The summed E-state index contributed by atoms with van der Waals surface area (Å²) in [6, 6.07) is 1.89. The molecule has 0 aliphatic carbocycles. The van der Waals surface area contributed by atoms with Gasteiger partial charge in [0.1, 0.15) is 5.56 Å². The minimum atomic E-state index is 0.0625. The van der Waals surface area contributed by atoms with Gasteiger partial charge in [0.15, 0.2) is 5.65 Å². The molecule has 1 N–H and O–H groups in total. The molecule has 2 aromatic rings. The minimum Gasteiger partial charge on any atom is -0.338 e. The number of aromatic nitrogens is 3. The number of rotatable bonds is 1. The van der Waals surface area contributed by atoms with Crippen LogP contribution in [0.4, 0.5) is 0 Å². The third-order valence-electron chi connectivity index (χ3n) is 4.42. The van der Waals surface area contributed by atoms with Crippen LogP contribution in [-0.2, 0) is 0 Å². The smallest absolute Gasteiger partial charge is 0.259 e. The monoisotopic (exact) mass is 271 g/mol. The van der Waals surface area contributed by atoms with Crippen molar-refractivity contribution in [3.8, 4) is 0 Å². The number of hydrogen-bond acceptors (Lipinski definition) is 4. The van der Waals surface area contributed by atoms with Gasteiger partial charge in [0, 0.05) is 38.1 Å². The van der Waals surface area contributed by atoms with Crippen molar-refractivity contribution in [2.24, 2.45) is 11.8 Å². The quantitative estimate of drug-likeness (QED) is 0.812. The van der Waals surface area contributed by atoms with E-state index in [1.807, 2.05) is 24.1 Å². The third kappa shape index (κ3) is 1.71. The zero-order valence-electron chi connectivity index (χ0n) is 11.4. The Kier molecular flexibility index (Phi) is 2.53. The number of aryl methyl sites for hydroxylation is 1. The summed E-state index contributed by atoms with van der Waals surface area (Å²) < 4.78 is 1.67. The molecule has 4 rings (SSSR count). The Balaban J connectivity index is 1.66. The maximum absolute atomic E-state index is 12.7. The molecular formula is C14H17N5O. The van der Waals surface area contributed by atoms with Crippen LogP contribution in [0.1, 0.15) is 16.1 Å². The molecule has 2 aliphatic rings. The maximum Gasteiger partial charge on any atom is 0.259 e. The van der Waals surface area contributed by atoms with Crippen LogP contribution in [0.15, 0.2) is 18.5 Å². The molecule has 2 aromatic heterocycles. The first kappa shape index (κ1) is 11.8. The number of carbonyl (C=O) groups is 1. The first-order valence-corrected chi connectivity index (χ1v) is 7.03. The molecule has 2 fully saturated rings. The van der Waals surface area contributed by atoms with E-state index in [1.54, 1.807) is 10.7 Å². The molecule has 0 bridgehead atoms. The standard InChI is InChI=1S/C14H17N5O/c1-9-2-3-19-13(17-9)12(6-16-19)14(20)18-7-10-4-15-5-11(10)8-18/h2-3,6,10-11,15H,4-5,7-8H2,1H3/t10-,11+. The molecule has 1 amide bonds. The number of likely N-dealkylation sites (tertiary alicyclic amines) is 1. The predicted molar refractivity (Wildman–Crippen MR) is 73.5 cm³/mol. The number of nitrogens with one attached hydrogen (secondary N) is 1. The zero-order chi connectivity index (χ0) is 13.7. The lowest BCUT2D eigenvalue weighted by Crippen LogP contribution is -2.31. The first-order valence-electron chi connectivity index (χ1n) is 7.03. The van der Waals surface area contributed by atoms with E-state index in [0.717, 1.165) is 31.9 Å². The molecule has 0 aromatic carbocycles. The molecule has 6 heteroatoms. The Morgan fingerprint density at radius 1 is 1.35 bits per heavy atom. The van der Waals surface area contributed by atoms with E-state index in [4.69, 9.17) is 0 Å². The van der Waals surface area contributed by atoms with Gasteiger partial charge in [-0.3, -0.25) is 4.79 Å². The second-order valence-electron chi connectivity index (χ2n) is 5.78. The third-order valence-corrected chi connectivity index (χ3v) is 4.42. The molecule has 2 saturated heterocycles. The Hall–Kier alpha value is -1.95. The molecule has 0 radical (unpaired) electrons.